The Morgan fingerprint density at radius 3 is 2.53 bits per heavy atom. The standard InChI is InChI=1S/C22H26N3O5/c1-29-18-11-12-19(20(14-18)30-2)24-21-6-4-3-5-13-23(21)15-22(24,26)16-7-9-17(10-8-16)25(27)28/h7-12,14,26H,3-6,13,15H2,1-2H3/q+1. The van der Waals surface area contributed by atoms with Crippen molar-refractivity contribution < 1.29 is 24.1 Å². The van der Waals surface area contributed by atoms with Crippen LogP contribution in [-0.4, -0.2) is 47.8 Å². The lowest BCUT2D eigenvalue weighted by molar-refractivity contribution is -0.534. The molecule has 0 aromatic heterocycles. The van der Waals surface area contributed by atoms with Gasteiger partial charge in [-0.05, 0) is 43.5 Å². The second kappa shape index (κ2) is 7.95. The molecule has 2 aromatic carbocycles. The lowest BCUT2D eigenvalue weighted by Gasteiger charge is -2.30. The first-order valence-electron chi connectivity index (χ1n) is 10.1. The third-order valence-corrected chi connectivity index (χ3v) is 5.90. The number of non-ortho nitro benzene ring substituents is 1. The monoisotopic (exact) mass is 412 g/mol. The maximum atomic E-state index is 12.0. The minimum absolute atomic E-state index is 0.00361. The molecule has 1 N–H and O–H groups in total. The average Bonchev–Trinajstić information content (AvgIpc) is 2.89. The minimum atomic E-state index is -1.37. The second-order valence-corrected chi connectivity index (χ2v) is 7.64. The van der Waals surface area contributed by atoms with Crippen LogP contribution in [0.25, 0.3) is 0 Å². The molecule has 158 valence electrons. The summed E-state index contributed by atoms with van der Waals surface area (Å²) >= 11 is 0. The van der Waals surface area contributed by atoms with E-state index in [-0.39, 0.29) is 5.69 Å². The fourth-order valence-corrected chi connectivity index (χ4v) is 4.40. The summed E-state index contributed by atoms with van der Waals surface area (Å²) in [6.07, 6.45) is 4.08. The van der Waals surface area contributed by atoms with Crippen molar-refractivity contribution in [1.82, 2.24) is 0 Å². The number of aliphatic hydroxyl groups is 1. The predicted octanol–water partition coefficient (Wildman–Crippen LogP) is 3.26. The molecule has 4 rings (SSSR count). The van der Waals surface area contributed by atoms with Crippen molar-refractivity contribution in [3.8, 4) is 11.5 Å². The number of anilines is 1. The van der Waals surface area contributed by atoms with E-state index >= 15 is 0 Å². The number of hydrogen-bond donors (Lipinski definition) is 1. The largest absolute Gasteiger partial charge is 0.497 e. The molecule has 0 saturated carbocycles. The quantitative estimate of drug-likeness (QED) is 0.461. The van der Waals surface area contributed by atoms with Crippen molar-refractivity contribution >= 4 is 17.2 Å². The molecule has 2 aliphatic heterocycles. The van der Waals surface area contributed by atoms with Gasteiger partial charge in [-0.15, -0.1) is 0 Å². The van der Waals surface area contributed by atoms with Gasteiger partial charge in [0.05, 0.1) is 25.7 Å². The third-order valence-electron chi connectivity index (χ3n) is 5.90. The van der Waals surface area contributed by atoms with Gasteiger partial charge < -0.3 is 14.6 Å². The highest BCUT2D eigenvalue weighted by molar-refractivity contribution is 5.98. The first-order chi connectivity index (χ1) is 14.5. The molecule has 1 atom stereocenters. The highest BCUT2D eigenvalue weighted by atomic mass is 16.6. The van der Waals surface area contributed by atoms with Crippen molar-refractivity contribution in [2.24, 2.45) is 0 Å². The Labute approximate surface area is 175 Å². The van der Waals surface area contributed by atoms with Crippen LogP contribution in [0.1, 0.15) is 31.2 Å². The molecule has 0 spiro atoms. The zero-order valence-electron chi connectivity index (χ0n) is 17.2. The highest BCUT2D eigenvalue weighted by Gasteiger charge is 2.55. The van der Waals surface area contributed by atoms with Gasteiger partial charge in [-0.3, -0.25) is 14.7 Å². The van der Waals surface area contributed by atoms with E-state index in [4.69, 9.17) is 9.47 Å². The van der Waals surface area contributed by atoms with Crippen LogP contribution < -0.4 is 14.4 Å². The number of nitro benzene ring substituents is 1. The summed E-state index contributed by atoms with van der Waals surface area (Å²) < 4.78 is 13.2. The number of nitro groups is 1. The van der Waals surface area contributed by atoms with E-state index < -0.39 is 10.6 Å². The lowest BCUT2D eigenvalue weighted by atomic mass is 9.99. The van der Waals surface area contributed by atoms with Crippen molar-refractivity contribution in [2.75, 3.05) is 32.2 Å². The SMILES string of the molecule is COc1ccc(N2C3=[N+](CCCCC3)CC2(O)c2ccc([N+](=O)[O-])cc2)c(OC)c1. The summed E-state index contributed by atoms with van der Waals surface area (Å²) in [5, 5.41) is 23.1. The topological polar surface area (TPSA) is 88.1 Å². The van der Waals surface area contributed by atoms with Crippen molar-refractivity contribution in [1.29, 1.82) is 0 Å². The summed E-state index contributed by atoms with van der Waals surface area (Å²) in [5.41, 5.74) is -0.0369. The van der Waals surface area contributed by atoms with E-state index in [0.29, 0.717) is 23.6 Å². The minimum Gasteiger partial charge on any atom is -0.497 e. The molecule has 0 amide bonds. The fraction of sp³-hybridized carbons (Fsp3) is 0.409. The van der Waals surface area contributed by atoms with E-state index in [1.54, 1.807) is 32.4 Å². The lowest BCUT2D eigenvalue weighted by Crippen LogP contribution is -2.47. The van der Waals surface area contributed by atoms with Crippen molar-refractivity contribution in [2.45, 2.75) is 31.4 Å². The Balaban J connectivity index is 1.85. The Morgan fingerprint density at radius 1 is 1.10 bits per heavy atom. The normalized spacial score (nSPS) is 21.2. The van der Waals surface area contributed by atoms with Gasteiger partial charge in [-0.25, -0.2) is 0 Å². The van der Waals surface area contributed by atoms with Crippen LogP contribution in [0, 0.1) is 10.1 Å². The third kappa shape index (κ3) is 3.37. The molecule has 2 aliphatic rings. The molecule has 0 saturated heterocycles. The van der Waals surface area contributed by atoms with Crippen LogP contribution >= 0.6 is 0 Å². The molecule has 2 aromatic rings. The zero-order chi connectivity index (χ0) is 21.3. The summed E-state index contributed by atoms with van der Waals surface area (Å²) in [7, 11) is 3.19. The van der Waals surface area contributed by atoms with E-state index in [1.807, 2.05) is 17.0 Å². The summed E-state index contributed by atoms with van der Waals surface area (Å²) in [5.74, 6) is 2.29. The van der Waals surface area contributed by atoms with Gasteiger partial charge in [0.25, 0.3) is 17.2 Å². The molecule has 30 heavy (non-hydrogen) atoms. The van der Waals surface area contributed by atoms with Crippen molar-refractivity contribution in [3.05, 3.63) is 58.1 Å². The zero-order valence-corrected chi connectivity index (χ0v) is 17.2. The van der Waals surface area contributed by atoms with Gasteiger partial charge in [0.2, 0.25) is 0 Å². The number of ether oxygens (including phenoxy) is 2. The molecule has 0 bridgehead atoms. The van der Waals surface area contributed by atoms with Gasteiger partial charge in [0.15, 0.2) is 18.0 Å². The number of amidine groups is 1. The Bertz CT molecular complexity index is 989. The maximum absolute atomic E-state index is 12.0. The van der Waals surface area contributed by atoms with Crippen molar-refractivity contribution in [3.63, 3.8) is 0 Å². The van der Waals surface area contributed by atoms with Gasteiger partial charge in [0, 0.05) is 30.2 Å². The number of nitrogens with zero attached hydrogens (tertiary/aromatic N) is 3. The second-order valence-electron chi connectivity index (χ2n) is 7.64. The van der Waals surface area contributed by atoms with Crippen LogP contribution in [0.4, 0.5) is 11.4 Å². The first-order valence-corrected chi connectivity index (χ1v) is 10.1. The first kappa shape index (κ1) is 20.2. The van der Waals surface area contributed by atoms with Crippen LogP contribution in [0.15, 0.2) is 42.5 Å². The number of rotatable bonds is 5. The Kier molecular flexibility index (Phi) is 5.34. The molecule has 2 heterocycles. The maximum Gasteiger partial charge on any atom is 0.275 e. The molecule has 0 radical (unpaired) electrons. The van der Waals surface area contributed by atoms with Gasteiger partial charge in [-0.1, -0.05) is 0 Å². The Morgan fingerprint density at radius 2 is 1.87 bits per heavy atom. The average molecular weight is 412 g/mol. The summed E-state index contributed by atoms with van der Waals surface area (Å²) in [4.78, 5) is 12.6. The predicted molar refractivity (Wildman–Crippen MR) is 112 cm³/mol. The van der Waals surface area contributed by atoms with Gasteiger partial charge in [-0.2, -0.15) is 4.90 Å². The Hall–Kier alpha value is -3.13. The molecule has 0 fully saturated rings. The fourth-order valence-electron chi connectivity index (χ4n) is 4.40. The molecule has 8 heteroatoms. The molecular weight excluding hydrogens is 386 g/mol. The van der Waals surface area contributed by atoms with Crippen LogP contribution in [0.3, 0.4) is 0 Å². The molecular formula is C22H26N3O5+. The van der Waals surface area contributed by atoms with Crippen LogP contribution in [-0.2, 0) is 5.72 Å². The molecule has 0 aliphatic carbocycles. The van der Waals surface area contributed by atoms with Crippen LogP contribution in [0.5, 0.6) is 11.5 Å². The number of hydrogen-bond acceptors (Lipinski definition) is 6. The summed E-state index contributed by atoms with van der Waals surface area (Å²) in [6, 6.07) is 11.7. The van der Waals surface area contributed by atoms with Gasteiger partial charge >= 0.3 is 0 Å². The van der Waals surface area contributed by atoms with E-state index in [9.17, 15) is 15.2 Å². The van der Waals surface area contributed by atoms with E-state index in [0.717, 1.165) is 43.8 Å². The van der Waals surface area contributed by atoms with Gasteiger partial charge in [0.1, 0.15) is 5.75 Å². The van der Waals surface area contributed by atoms with E-state index in [2.05, 4.69) is 4.58 Å². The molecule has 8 nitrogen and oxygen atoms in total. The number of methoxy groups -OCH3 is 2. The smallest absolute Gasteiger partial charge is 0.275 e. The van der Waals surface area contributed by atoms with E-state index in [1.165, 1.54) is 12.1 Å². The highest BCUT2D eigenvalue weighted by Crippen LogP contribution is 2.43. The summed E-state index contributed by atoms with van der Waals surface area (Å²) in [6.45, 7) is 1.24. The molecule has 1 unspecified atom stereocenters. The van der Waals surface area contributed by atoms with Crippen LogP contribution in [0.2, 0.25) is 0 Å². The number of benzene rings is 2.